The third kappa shape index (κ3) is 68.6. The zero-order chi connectivity index (χ0) is 62.6. The van der Waals surface area contributed by atoms with Crippen LogP contribution >= 0.6 is 7.82 Å². The molecule has 0 rings (SSSR count). The number of amides is 1. The Morgan fingerprint density at radius 1 is 0.407 bits per heavy atom. The van der Waals surface area contributed by atoms with Crippen LogP contribution in [-0.2, 0) is 18.4 Å². The Kier molecular flexibility index (Phi) is 64.4. The summed E-state index contributed by atoms with van der Waals surface area (Å²) in [4.78, 5) is 23.4. The molecule has 0 aliphatic rings. The van der Waals surface area contributed by atoms with Crippen LogP contribution < -0.4 is 5.32 Å². The van der Waals surface area contributed by atoms with Crippen LogP contribution in [0.2, 0.25) is 0 Å². The predicted molar refractivity (Wildman–Crippen MR) is 378 cm³/mol. The molecule has 498 valence electrons. The largest absolute Gasteiger partial charge is 0.472 e. The summed E-state index contributed by atoms with van der Waals surface area (Å²) in [5, 5.41) is 14.0. The van der Waals surface area contributed by atoms with Crippen molar-refractivity contribution in [2.24, 2.45) is 0 Å². The first kappa shape index (κ1) is 83.2. The van der Waals surface area contributed by atoms with Gasteiger partial charge in [0.25, 0.3) is 0 Å². The molecule has 9 heteroatoms. The number of aliphatic hydroxyl groups excluding tert-OH is 1. The van der Waals surface area contributed by atoms with Crippen LogP contribution in [0.5, 0.6) is 0 Å². The number of aliphatic hydroxyl groups is 1. The van der Waals surface area contributed by atoms with Gasteiger partial charge in [0, 0.05) is 6.42 Å². The molecule has 3 N–H and O–H groups in total. The number of carbonyl (C=O) groups is 1. The van der Waals surface area contributed by atoms with Crippen molar-refractivity contribution < 1.29 is 32.9 Å². The highest BCUT2D eigenvalue weighted by Crippen LogP contribution is 2.43. The first-order chi connectivity index (χ1) is 42.0. The number of quaternary nitrogens is 1. The average Bonchev–Trinajstić information content (AvgIpc) is 3.70. The highest BCUT2D eigenvalue weighted by atomic mass is 31.2. The van der Waals surface area contributed by atoms with Crippen molar-refractivity contribution in [2.45, 2.75) is 334 Å². The maximum atomic E-state index is 13.1. The lowest BCUT2D eigenvalue weighted by Gasteiger charge is -2.25. The number of rotatable bonds is 66. The van der Waals surface area contributed by atoms with Crippen molar-refractivity contribution in [1.29, 1.82) is 0 Å². The zero-order valence-corrected chi connectivity index (χ0v) is 57.9. The summed E-state index contributed by atoms with van der Waals surface area (Å²) in [6.07, 6.45) is 98.2. The van der Waals surface area contributed by atoms with Crippen LogP contribution in [0.15, 0.2) is 109 Å². The number of unbranched alkanes of at least 4 members (excludes halogenated alkanes) is 37. The van der Waals surface area contributed by atoms with Crippen LogP contribution in [0.3, 0.4) is 0 Å². The number of phosphoric ester groups is 1. The van der Waals surface area contributed by atoms with Crippen LogP contribution in [0.1, 0.15) is 322 Å². The Hall–Kier alpha value is -2.84. The lowest BCUT2D eigenvalue weighted by atomic mass is 10.0. The van der Waals surface area contributed by atoms with Gasteiger partial charge in [-0.25, -0.2) is 4.57 Å². The normalized spacial score (nSPS) is 14.3. The molecule has 0 aliphatic heterocycles. The molecule has 0 fully saturated rings. The van der Waals surface area contributed by atoms with Gasteiger partial charge in [-0.05, 0) is 89.9 Å². The number of hydrogen-bond donors (Lipinski definition) is 3. The molecule has 8 nitrogen and oxygen atoms in total. The summed E-state index contributed by atoms with van der Waals surface area (Å²) in [7, 11) is 1.55. The van der Waals surface area contributed by atoms with E-state index in [4.69, 9.17) is 9.05 Å². The number of carbonyl (C=O) groups excluding carboxylic acids is 1. The molecule has 0 heterocycles. The standard InChI is InChI=1S/C77H139N2O6P/c1-6-8-10-12-14-16-18-20-22-24-26-28-30-32-34-35-36-37-38-39-40-41-42-43-45-47-49-51-53-55-57-59-61-63-65-67-69-71-77(81)78-75(74-85-86(82,83)84-73-72-79(3,4)5)76(80)70-68-66-64-62-60-58-56-54-52-50-48-46-44-33-31-29-27-25-23-21-19-17-15-13-11-9-7-2/h8,10,14,16,20,22,26,28,32,34,36-37,39-40,60,62,68,70,75-76,80H,6-7,9,11-13,15,17-19,21,23-25,27,29-31,33,35,38,41-59,61,63-67,69,71-74H2,1-5H3,(H-,78,81,82,83)/p+1/b10-8-,16-14-,22-20-,28-26-,34-32-,37-36-,40-39-,62-60+,70-68+. The lowest BCUT2D eigenvalue weighted by molar-refractivity contribution is -0.870. The van der Waals surface area contributed by atoms with E-state index in [1.807, 2.05) is 27.2 Å². The van der Waals surface area contributed by atoms with Gasteiger partial charge in [0.2, 0.25) is 5.91 Å². The molecule has 0 aromatic carbocycles. The number of hydrogen-bond acceptors (Lipinski definition) is 5. The van der Waals surface area contributed by atoms with Gasteiger partial charge in [-0.1, -0.05) is 335 Å². The van der Waals surface area contributed by atoms with E-state index in [0.29, 0.717) is 17.4 Å². The van der Waals surface area contributed by atoms with Gasteiger partial charge in [-0.2, -0.15) is 0 Å². The Labute approximate surface area is 533 Å². The van der Waals surface area contributed by atoms with Crippen molar-refractivity contribution in [3.05, 3.63) is 109 Å². The van der Waals surface area contributed by atoms with Crippen LogP contribution in [0.4, 0.5) is 0 Å². The second kappa shape index (κ2) is 66.6. The summed E-state index contributed by atoms with van der Waals surface area (Å²) in [6.45, 7) is 4.71. The first-order valence-corrected chi connectivity index (χ1v) is 37.8. The van der Waals surface area contributed by atoms with Gasteiger partial charge in [0.05, 0.1) is 39.9 Å². The van der Waals surface area contributed by atoms with Crippen molar-refractivity contribution in [3.63, 3.8) is 0 Å². The van der Waals surface area contributed by atoms with Gasteiger partial charge in [-0.15, -0.1) is 0 Å². The van der Waals surface area contributed by atoms with Crippen molar-refractivity contribution in [3.8, 4) is 0 Å². The monoisotopic (exact) mass is 1220 g/mol. The fourth-order valence-corrected chi connectivity index (χ4v) is 11.1. The smallest absolute Gasteiger partial charge is 0.387 e. The number of likely N-dealkylation sites (N-methyl/N-ethyl adjacent to an activating group) is 1. The fourth-order valence-electron chi connectivity index (χ4n) is 10.4. The maximum Gasteiger partial charge on any atom is 0.472 e. The molecule has 0 saturated heterocycles. The van der Waals surface area contributed by atoms with E-state index in [1.165, 1.54) is 218 Å². The second-order valence-electron chi connectivity index (χ2n) is 25.6. The molecule has 0 bridgehead atoms. The molecule has 0 spiro atoms. The van der Waals surface area contributed by atoms with Crippen molar-refractivity contribution in [2.75, 3.05) is 40.9 Å². The molecule has 0 aromatic heterocycles. The number of phosphoric acid groups is 1. The topological polar surface area (TPSA) is 105 Å². The van der Waals surface area contributed by atoms with Crippen LogP contribution in [0, 0.1) is 0 Å². The second-order valence-corrected chi connectivity index (χ2v) is 27.0. The maximum absolute atomic E-state index is 13.1. The molecule has 3 unspecified atom stereocenters. The molecule has 0 aliphatic carbocycles. The van der Waals surface area contributed by atoms with Gasteiger partial charge >= 0.3 is 7.82 Å². The zero-order valence-electron chi connectivity index (χ0n) is 57.0. The average molecular weight is 1220 g/mol. The minimum absolute atomic E-state index is 0.0531. The first-order valence-electron chi connectivity index (χ1n) is 36.3. The summed E-state index contributed by atoms with van der Waals surface area (Å²) < 4.78 is 23.8. The number of nitrogens with one attached hydrogen (secondary N) is 1. The van der Waals surface area contributed by atoms with E-state index >= 15 is 0 Å². The third-order valence-electron chi connectivity index (χ3n) is 16.0. The van der Waals surface area contributed by atoms with Gasteiger partial charge in [0.15, 0.2) is 0 Å². The van der Waals surface area contributed by atoms with E-state index in [9.17, 15) is 19.4 Å². The van der Waals surface area contributed by atoms with Crippen LogP contribution in [-0.4, -0.2) is 73.4 Å². The molecule has 86 heavy (non-hydrogen) atoms. The summed E-state index contributed by atoms with van der Waals surface area (Å²) >= 11 is 0. The van der Waals surface area contributed by atoms with Crippen LogP contribution in [0.25, 0.3) is 0 Å². The van der Waals surface area contributed by atoms with E-state index in [-0.39, 0.29) is 19.1 Å². The van der Waals surface area contributed by atoms with Gasteiger partial charge < -0.3 is 19.8 Å². The van der Waals surface area contributed by atoms with E-state index in [2.05, 4.69) is 116 Å². The molecule has 0 radical (unpaired) electrons. The fraction of sp³-hybridized carbons (Fsp3) is 0.753. The molecule has 1 amide bonds. The molecule has 0 saturated carbocycles. The summed E-state index contributed by atoms with van der Waals surface area (Å²) in [5.41, 5.74) is 0. The molecule has 0 aromatic rings. The Balaban J connectivity index is 4.09. The van der Waals surface area contributed by atoms with Crippen molar-refractivity contribution in [1.82, 2.24) is 5.32 Å². The molecule has 3 atom stereocenters. The van der Waals surface area contributed by atoms with Gasteiger partial charge in [-0.3, -0.25) is 13.8 Å². The summed E-state index contributed by atoms with van der Waals surface area (Å²) in [5.74, 6) is -0.187. The lowest BCUT2D eigenvalue weighted by Crippen LogP contribution is -2.45. The minimum atomic E-state index is -4.37. The Morgan fingerprint density at radius 2 is 0.709 bits per heavy atom. The number of nitrogens with zero attached hydrogens (tertiary/aromatic N) is 1. The minimum Gasteiger partial charge on any atom is -0.387 e. The highest BCUT2D eigenvalue weighted by Gasteiger charge is 2.28. The Bertz CT molecular complexity index is 1770. The Morgan fingerprint density at radius 3 is 1.07 bits per heavy atom. The molecular weight excluding hydrogens is 1080 g/mol. The highest BCUT2D eigenvalue weighted by molar-refractivity contribution is 7.47. The SMILES string of the molecule is CC/C=C\C/C=C\C/C=C\C/C=C\C/C=C\C/C=C\C/C=C\CCCCCCCCCCCCCCCCCC(=O)NC(COP(=O)(O)OCC[N+](C)(C)C)C(O)/C=C/CC/C=C/CCCCCCCCCCCCCCCCCCCCCCC. The predicted octanol–water partition coefficient (Wildman–Crippen LogP) is 23.4. The van der Waals surface area contributed by atoms with Gasteiger partial charge in [0.1, 0.15) is 13.2 Å². The van der Waals surface area contributed by atoms with Crippen molar-refractivity contribution >= 4 is 13.7 Å². The quantitative estimate of drug-likeness (QED) is 0.0243. The molecular formula is C77H140N2O6P+. The third-order valence-corrected chi connectivity index (χ3v) is 17.0. The number of allylic oxidation sites excluding steroid dienone is 17. The summed E-state index contributed by atoms with van der Waals surface area (Å²) in [6, 6.07) is -0.871. The van der Waals surface area contributed by atoms with E-state index in [1.54, 1.807) is 6.08 Å². The van der Waals surface area contributed by atoms with E-state index in [0.717, 1.165) is 83.5 Å². The van der Waals surface area contributed by atoms with E-state index < -0.39 is 20.0 Å².